The molecule has 0 amide bonds. The quantitative estimate of drug-likeness (QED) is 0.114. The topological polar surface area (TPSA) is 87.1 Å². The molecule has 1 atom stereocenters. The highest BCUT2D eigenvalue weighted by Gasteiger charge is 2.22. The number of allylic oxidation sites excluding steroid dienone is 3. The largest absolute Gasteiger partial charge is 0.467 e. The van der Waals surface area contributed by atoms with Gasteiger partial charge in [0.25, 0.3) is 0 Å². The summed E-state index contributed by atoms with van der Waals surface area (Å²) >= 11 is 0. The van der Waals surface area contributed by atoms with Crippen LogP contribution in [0, 0.1) is 11.3 Å². The number of hydrogen-bond acceptors (Lipinski definition) is 7. The standard InChI is InChI=1S/C25H37NO6/c1-6-13-30-25(27)24-20(14-21(26)12-10-11-19(5)7-2)15-22(31-17-28-8-3)16-23(24)32-18-29-9-4/h7,10,12,15-16,19,26H,2,6,8-9,11,13-14,17-18H2,1,3-5H3/b12-10+,26-21?. The Kier molecular flexibility index (Phi) is 13.7. The number of carbonyl (C=O) groups excluding carboxylic acids is 1. The molecule has 7 heteroatoms. The van der Waals surface area contributed by atoms with Gasteiger partial charge in [-0.3, -0.25) is 0 Å². The van der Waals surface area contributed by atoms with Crippen LogP contribution < -0.4 is 9.47 Å². The van der Waals surface area contributed by atoms with E-state index in [0.717, 1.165) is 6.42 Å². The van der Waals surface area contributed by atoms with E-state index in [1.165, 1.54) is 0 Å². The molecule has 7 nitrogen and oxygen atoms in total. The zero-order valence-corrected chi connectivity index (χ0v) is 19.8. The summed E-state index contributed by atoms with van der Waals surface area (Å²) in [6, 6.07) is 3.35. The fourth-order valence-corrected chi connectivity index (χ4v) is 2.65. The minimum Gasteiger partial charge on any atom is -0.467 e. The van der Waals surface area contributed by atoms with Crippen LogP contribution in [0.3, 0.4) is 0 Å². The summed E-state index contributed by atoms with van der Waals surface area (Å²) in [6.07, 6.45) is 7.26. The molecule has 0 bridgehead atoms. The maximum Gasteiger partial charge on any atom is 0.342 e. The lowest BCUT2D eigenvalue weighted by atomic mass is 9.99. The van der Waals surface area contributed by atoms with E-state index in [-0.39, 0.29) is 25.6 Å². The summed E-state index contributed by atoms with van der Waals surface area (Å²) in [7, 11) is 0. The summed E-state index contributed by atoms with van der Waals surface area (Å²) in [5, 5.41) is 8.38. The summed E-state index contributed by atoms with van der Waals surface area (Å²) in [5.41, 5.74) is 1.21. The molecule has 1 aromatic carbocycles. The van der Waals surface area contributed by atoms with Crippen molar-refractivity contribution in [3.63, 3.8) is 0 Å². The molecule has 178 valence electrons. The first-order valence-corrected chi connectivity index (χ1v) is 11.1. The normalized spacial score (nSPS) is 11.9. The van der Waals surface area contributed by atoms with Crippen molar-refractivity contribution in [2.75, 3.05) is 33.4 Å². The molecule has 1 rings (SSSR count). The van der Waals surface area contributed by atoms with E-state index in [1.54, 1.807) is 18.2 Å². The summed E-state index contributed by atoms with van der Waals surface area (Å²) in [4.78, 5) is 12.9. The van der Waals surface area contributed by atoms with Gasteiger partial charge in [0, 0.05) is 31.4 Å². The molecule has 1 unspecified atom stereocenters. The van der Waals surface area contributed by atoms with Gasteiger partial charge in [-0.05, 0) is 50.3 Å². The van der Waals surface area contributed by atoms with Gasteiger partial charge in [-0.25, -0.2) is 4.79 Å². The average molecular weight is 448 g/mol. The van der Waals surface area contributed by atoms with E-state index in [0.29, 0.717) is 54.9 Å². The minimum absolute atomic E-state index is 0.0182. The van der Waals surface area contributed by atoms with Crippen LogP contribution in [0.4, 0.5) is 0 Å². The predicted octanol–water partition coefficient (Wildman–Crippen LogP) is 5.33. The molecule has 0 aliphatic rings. The molecule has 0 radical (unpaired) electrons. The Morgan fingerprint density at radius 1 is 1.12 bits per heavy atom. The number of nitrogens with one attached hydrogen (secondary N) is 1. The molecular weight excluding hydrogens is 410 g/mol. The Morgan fingerprint density at radius 2 is 1.81 bits per heavy atom. The van der Waals surface area contributed by atoms with Crippen LogP contribution >= 0.6 is 0 Å². The van der Waals surface area contributed by atoms with Crippen LogP contribution in [0.1, 0.15) is 56.5 Å². The first-order chi connectivity index (χ1) is 15.5. The SMILES string of the molecule is C=CC(C)C/C=C/C(=N)Cc1cc(OCOCC)cc(OCOCC)c1C(=O)OCCC. The molecule has 1 aromatic rings. The summed E-state index contributed by atoms with van der Waals surface area (Å²) in [5.74, 6) is 0.596. The van der Waals surface area contributed by atoms with Crippen molar-refractivity contribution in [2.45, 2.75) is 47.0 Å². The van der Waals surface area contributed by atoms with Gasteiger partial charge < -0.3 is 29.1 Å². The van der Waals surface area contributed by atoms with Gasteiger partial charge in [0.1, 0.15) is 17.1 Å². The van der Waals surface area contributed by atoms with Crippen LogP contribution in [0.25, 0.3) is 0 Å². The smallest absolute Gasteiger partial charge is 0.342 e. The van der Waals surface area contributed by atoms with Crippen molar-refractivity contribution in [1.29, 1.82) is 5.41 Å². The third kappa shape index (κ3) is 10.1. The third-order valence-corrected chi connectivity index (χ3v) is 4.42. The van der Waals surface area contributed by atoms with Gasteiger partial charge in [0.2, 0.25) is 0 Å². The Morgan fingerprint density at radius 3 is 2.44 bits per heavy atom. The lowest BCUT2D eigenvalue weighted by Crippen LogP contribution is -2.15. The number of carbonyl (C=O) groups is 1. The number of ether oxygens (including phenoxy) is 5. The Bertz CT molecular complexity index is 759. The van der Waals surface area contributed by atoms with E-state index in [9.17, 15) is 4.79 Å². The van der Waals surface area contributed by atoms with Crippen LogP contribution in [0.2, 0.25) is 0 Å². The second-order valence-corrected chi connectivity index (χ2v) is 7.15. The second-order valence-electron chi connectivity index (χ2n) is 7.15. The first kappa shape index (κ1) is 27.4. The van der Waals surface area contributed by atoms with Crippen molar-refractivity contribution >= 4 is 11.7 Å². The minimum atomic E-state index is -0.498. The Labute approximate surface area is 191 Å². The molecule has 0 aliphatic carbocycles. The van der Waals surface area contributed by atoms with Gasteiger partial charge >= 0.3 is 5.97 Å². The van der Waals surface area contributed by atoms with Crippen LogP contribution in [-0.2, 0) is 20.6 Å². The van der Waals surface area contributed by atoms with E-state index in [4.69, 9.17) is 29.1 Å². The first-order valence-electron chi connectivity index (χ1n) is 11.1. The Hall–Kier alpha value is -2.64. The molecule has 0 heterocycles. The molecule has 1 N–H and O–H groups in total. The van der Waals surface area contributed by atoms with Crippen molar-refractivity contribution in [3.05, 3.63) is 48.1 Å². The van der Waals surface area contributed by atoms with Gasteiger partial charge in [-0.15, -0.1) is 6.58 Å². The van der Waals surface area contributed by atoms with Crippen molar-refractivity contribution in [2.24, 2.45) is 5.92 Å². The molecule has 32 heavy (non-hydrogen) atoms. The highest BCUT2D eigenvalue weighted by molar-refractivity contribution is 5.99. The second kappa shape index (κ2) is 16.1. The fraction of sp³-hybridized carbons (Fsp3) is 0.520. The average Bonchev–Trinajstić information content (AvgIpc) is 2.77. The van der Waals surface area contributed by atoms with E-state index >= 15 is 0 Å². The molecule has 0 saturated heterocycles. The van der Waals surface area contributed by atoms with Crippen LogP contribution in [-0.4, -0.2) is 45.1 Å². The van der Waals surface area contributed by atoms with Crippen molar-refractivity contribution in [1.82, 2.24) is 0 Å². The monoisotopic (exact) mass is 447 g/mol. The molecule has 0 spiro atoms. The molecule has 0 saturated carbocycles. The van der Waals surface area contributed by atoms with Gasteiger partial charge in [-0.2, -0.15) is 0 Å². The predicted molar refractivity (Wildman–Crippen MR) is 126 cm³/mol. The van der Waals surface area contributed by atoms with Gasteiger partial charge in [0.15, 0.2) is 13.6 Å². The Balaban J connectivity index is 3.26. The summed E-state index contributed by atoms with van der Waals surface area (Å²) < 4.78 is 27.4. The van der Waals surface area contributed by atoms with E-state index in [2.05, 4.69) is 13.5 Å². The lowest BCUT2D eigenvalue weighted by molar-refractivity contribution is 0.0170. The molecule has 0 aromatic heterocycles. The molecule has 0 aliphatic heterocycles. The highest BCUT2D eigenvalue weighted by Crippen LogP contribution is 2.31. The highest BCUT2D eigenvalue weighted by atomic mass is 16.7. The zero-order valence-electron chi connectivity index (χ0n) is 19.8. The van der Waals surface area contributed by atoms with Crippen LogP contribution in [0.15, 0.2) is 36.9 Å². The third-order valence-electron chi connectivity index (χ3n) is 4.42. The fourth-order valence-electron chi connectivity index (χ4n) is 2.65. The zero-order chi connectivity index (χ0) is 23.8. The molecular formula is C25H37NO6. The number of esters is 1. The maximum atomic E-state index is 12.9. The maximum absolute atomic E-state index is 12.9. The van der Waals surface area contributed by atoms with Crippen molar-refractivity contribution in [3.8, 4) is 11.5 Å². The van der Waals surface area contributed by atoms with Gasteiger partial charge in [-0.1, -0.05) is 26.0 Å². The number of hydrogen-bond donors (Lipinski definition) is 1. The number of rotatable bonds is 17. The van der Waals surface area contributed by atoms with E-state index in [1.807, 2.05) is 32.9 Å². The van der Waals surface area contributed by atoms with Crippen molar-refractivity contribution < 1.29 is 28.5 Å². The number of benzene rings is 1. The lowest BCUT2D eigenvalue weighted by Gasteiger charge is -2.17. The molecule has 0 fully saturated rings. The van der Waals surface area contributed by atoms with Crippen LogP contribution in [0.5, 0.6) is 11.5 Å². The van der Waals surface area contributed by atoms with Gasteiger partial charge in [0.05, 0.1) is 6.61 Å². The van der Waals surface area contributed by atoms with E-state index < -0.39 is 5.97 Å². The summed E-state index contributed by atoms with van der Waals surface area (Å²) in [6.45, 7) is 12.8.